The molecule has 0 saturated heterocycles. The Labute approximate surface area is 173 Å². The van der Waals surface area contributed by atoms with E-state index >= 15 is 0 Å². The fourth-order valence-corrected chi connectivity index (χ4v) is 3.24. The van der Waals surface area contributed by atoms with Crippen molar-refractivity contribution in [2.75, 3.05) is 13.7 Å². The molecule has 0 heterocycles. The Morgan fingerprint density at radius 1 is 1.14 bits per heavy atom. The molecule has 2 aromatic carbocycles. The zero-order chi connectivity index (χ0) is 20.7. The molecular formula is C20H21Cl2FN2O3. The van der Waals surface area contributed by atoms with Crippen LogP contribution in [0, 0.1) is 5.82 Å². The molecule has 0 spiro atoms. The van der Waals surface area contributed by atoms with Gasteiger partial charge < -0.3 is 15.0 Å². The highest BCUT2D eigenvalue weighted by Gasteiger charge is 2.29. The molecule has 5 nitrogen and oxygen atoms in total. The maximum absolute atomic E-state index is 13.8. The second kappa shape index (κ2) is 10.3. The van der Waals surface area contributed by atoms with Crippen molar-refractivity contribution in [2.24, 2.45) is 0 Å². The summed E-state index contributed by atoms with van der Waals surface area (Å²) in [7, 11) is 1.49. The van der Waals surface area contributed by atoms with E-state index in [4.69, 9.17) is 27.9 Å². The fourth-order valence-electron chi connectivity index (χ4n) is 2.72. The highest BCUT2D eigenvalue weighted by atomic mass is 35.5. The van der Waals surface area contributed by atoms with Gasteiger partial charge in [-0.15, -0.1) is 0 Å². The summed E-state index contributed by atoms with van der Waals surface area (Å²) in [5.74, 6) is -1.44. The summed E-state index contributed by atoms with van der Waals surface area (Å²) in [6, 6.07) is 10.0. The first-order valence-corrected chi connectivity index (χ1v) is 9.45. The Morgan fingerprint density at radius 3 is 2.36 bits per heavy atom. The first-order chi connectivity index (χ1) is 13.4. The second-order valence-electron chi connectivity index (χ2n) is 5.98. The van der Waals surface area contributed by atoms with Crippen LogP contribution in [0.5, 0.6) is 5.75 Å². The van der Waals surface area contributed by atoms with Crippen LogP contribution in [0.15, 0.2) is 42.5 Å². The number of rotatable bonds is 8. The number of para-hydroxylation sites is 1. The van der Waals surface area contributed by atoms with Gasteiger partial charge in [-0.2, -0.15) is 0 Å². The molecule has 28 heavy (non-hydrogen) atoms. The lowest BCUT2D eigenvalue weighted by atomic mass is 10.1. The number of hydrogen-bond donors (Lipinski definition) is 1. The molecule has 2 amide bonds. The molecule has 0 bridgehead atoms. The Kier molecular flexibility index (Phi) is 8.08. The number of benzene rings is 2. The molecule has 0 aliphatic heterocycles. The van der Waals surface area contributed by atoms with E-state index in [1.54, 1.807) is 31.2 Å². The number of amides is 2. The molecule has 1 atom stereocenters. The monoisotopic (exact) mass is 426 g/mol. The highest BCUT2D eigenvalue weighted by molar-refractivity contribution is 6.36. The average molecular weight is 427 g/mol. The summed E-state index contributed by atoms with van der Waals surface area (Å²) in [4.78, 5) is 26.5. The molecule has 150 valence electrons. The summed E-state index contributed by atoms with van der Waals surface area (Å²) in [6.07, 6.45) is 0.368. The van der Waals surface area contributed by atoms with Gasteiger partial charge in [0, 0.05) is 29.2 Å². The quantitative estimate of drug-likeness (QED) is 0.691. The molecular weight excluding hydrogens is 406 g/mol. The molecule has 0 fully saturated rings. The van der Waals surface area contributed by atoms with Gasteiger partial charge in [-0.1, -0.05) is 48.3 Å². The van der Waals surface area contributed by atoms with E-state index < -0.39 is 24.4 Å². The first-order valence-electron chi connectivity index (χ1n) is 8.70. The van der Waals surface area contributed by atoms with Crippen molar-refractivity contribution in [3.63, 3.8) is 0 Å². The van der Waals surface area contributed by atoms with Crippen molar-refractivity contribution in [2.45, 2.75) is 25.9 Å². The molecule has 0 aliphatic rings. The van der Waals surface area contributed by atoms with Crippen molar-refractivity contribution >= 4 is 35.0 Å². The maximum atomic E-state index is 13.8. The van der Waals surface area contributed by atoms with Crippen molar-refractivity contribution in [1.82, 2.24) is 10.2 Å². The zero-order valence-corrected chi connectivity index (χ0v) is 17.1. The molecule has 1 unspecified atom stereocenters. The van der Waals surface area contributed by atoms with Crippen LogP contribution in [-0.4, -0.2) is 36.4 Å². The van der Waals surface area contributed by atoms with Gasteiger partial charge in [0.25, 0.3) is 5.91 Å². The number of halogens is 3. The van der Waals surface area contributed by atoms with Crippen LogP contribution in [0.4, 0.5) is 4.39 Å². The normalized spacial score (nSPS) is 11.6. The van der Waals surface area contributed by atoms with E-state index in [1.165, 1.54) is 30.1 Å². The highest BCUT2D eigenvalue weighted by Crippen LogP contribution is 2.27. The number of nitrogens with one attached hydrogen (secondary N) is 1. The molecule has 2 aromatic rings. The van der Waals surface area contributed by atoms with Crippen LogP contribution in [0.2, 0.25) is 10.0 Å². The summed E-state index contributed by atoms with van der Waals surface area (Å²) < 4.78 is 19.1. The molecule has 0 saturated carbocycles. The number of hydrogen-bond acceptors (Lipinski definition) is 3. The third-order valence-corrected chi connectivity index (χ3v) is 4.92. The molecule has 0 aliphatic carbocycles. The van der Waals surface area contributed by atoms with Gasteiger partial charge in [0.2, 0.25) is 5.91 Å². The van der Waals surface area contributed by atoms with Gasteiger partial charge in [-0.25, -0.2) is 4.39 Å². The van der Waals surface area contributed by atoms with E-state index in [1.807, 2.05) is 0 Å². The summed E-state index contributed by atoms with van der Waals surface area (Å²) in [5, 5.41) is 3.31. The molecule has 1 N–H and O–H groups in total. The van der Waals surface area contributed by atoms with Gasteiger partial charge in [-0.05, 0) is 30.7 Å². The Bertz CT molecular complexity index is 828. The predicted octanol–water partition coefficient (Wildman–Crippen LogP) is 4.06. The van der Waals surface area contributed by atoms with Crippen LogP contribution in [0.3, 0.4) is 0 Å². The minimum Gasteiger partial charge on any atom is -0.481 e. The zero-order valence-electron chi connectivity index (χ0n) is 15.5. The standard InChI is InChI=1S/C20H21Cl2FN2O3/c1-3-17(20(27)24-2)25(11-13-14(21)7-6-8-15(13)22)19(26)12-28-18-10-5-4-9-16(18)23/h4-10,17H,3,11-12H2,1-2H3,(H,24,27). The largest absolute Gasteiger partial charge is 0.481 e. The third kappa shape index (κ3) is 5.36. The fraction of sp³-hybridized carbons (Fsp3) is 0.300. The van der Waals surface area contributed by atoms with Crippen LogP contribution in [0.1, 0.15) is 18.9 Å². The van der Waals surface area contributed by atoms with Crippen molar-refractivity contribution in [3.05, 3.63) is 63.9 Å². The number of nitrogens with zero attached hydrogens (tertiary/aromatic N) is 1. The van der Waals surface area contributed by atoms with Crippen molar-refractivity contribution < 1.29 is 18.7 Å². The van der Waals surface area contributed by atoms with Crippen LogP contribution < -0.4 is 10.1 Å². The predicted molar refractivity (Wildman–Crippen MR) is 107 cm³/mol. The average Bonchev–Trinajstić information content (AvgIpc) is 2.68. The Morgan fingerprint density at radius 2 is 1.79 bits per heavy atom. The van der Waals surface area contributed by atoms with E-state index in [0.717, 1.165) is 0 Å². The first kappa shape index (κ1) is 22.0. The number of carbonyl (C=O) groups is 2. The number of likely N-dealkylation sites (N-methyl/N-ethyl adjacent to an activating group) is 1. The lowest BCUT2D eigenvalue weighted by molar-refractivity contribution is -0.142. The van der Waals surface area contributed by atoms with Crippen LogP contribution in [0.25, 0.3) is 0 Å². The van der Waals surface area contributed by atoms with Gasteiger partial charge in [0.1, 0.15) is 6.04 Å². The minimum atomic E-state index is -0.756. The third-order valence-electron chi connectivity index (χ3n) is 4.21. The van der Waals surface area contributed by atoms with Crippen LogP contribution >= 0.6 is 23.2 Å². The second-order valence-corrected chi connectivity index (χ2v) is 6.79. The summed E-state index contributed by atoms with van der Waals surface area (Å²) >= 11 is 12.5. The Balaban J connectivity index is 2.27. The van der Waals surface area contributed by atoms with E-state index in [2.05, 4.69) is 5.32 Å². The smallest absolute Gasteiger partial charge is 0.261 e. The van der Waals surface area contributed by atoms with Crippen molar-refractivity contribution in [1.29, 1.82) is 0 Å². The molecule has 0 aromatic heterocycles. The Hall–Kier alpha value is -2.31. The van der Waals surface area contributed by atoms with Gasteiger partial charge in [0.15, 0.2) is 18.2 Å². The van der Waals surface area contributed by atoms with E-state index in [0.29, 0.717) is 22.0 Å². The summed E-state index contributed by atoms with van der Waals surface area (Å²) in [5.41, 5.74) is 0.521. The van der Waals surface area contributed by atoms with Gasteiger partial charge in [-0.3, -0.25) is 9.59 Å². The van der Waals surface area contributed by atoms with Gasteiger partial charge in [0.05, 0.1) is 0 Å². The summed E-state index contributed by atoms with van der Waals surface area (Å²) in [6.45, 7) is 1.37. The van der Waals surface area contributed by atoms with E-state index in [9.17, 15) is 14.0 Å². The number of carbonyl (C=O) groups excluding carboxylic acids is 2. The SMILES string of the molecule is CCC(C(=O)NC)N(Cc1c(Cl)cccc1Cl)C(=O)COc1ccccc1F. The topological polar surface area (TPSA) is 58.6 Å². The van der Waals surface area contributed by atoms with E-state index in [-0.39, 0.29) is 18.2 Å². The molecule has 2 rings (SSSR count). The lowest BCUT2D eigenvalue weighted by Crippen LogP contribution is -2.49. The maximum Gasteiger partial charge on any atom is 0.261 e. The minimum absolute atomic E-state index is 0.0178. The van der Waals surface area contributed by atoms with Crippen molar-refractivity contribution in [3.8, 4) is 5.75 Å². The molecule has 8 heteroatoms. The molecule has 0 radical (unpaired) electrons. The van der Waals surface area contributed by atoms with Crippen LogP contribution in [-0.2, 0) is 16.1 Å². The lowest BCUT2D eigenvalue weighted by Gasteiger charge is -2.30. The van der Waals surface area contributed by atoms with Gasteiger partial charge >= 0.3 is 0 Å². The number of ether oxygens (including phenoxy) is 1.